The zero-order valence-corrected chi connectivity index (χ0v) is 9.71. The molecular weight excluding hydrogens is 214 g/mol. The number of hydrogen-bond donors (Lipinski definition) is 1. The van der Waals surface area contributed by atoms with Gasteiger partial charge in [-0.25, -0.2) is 0 Å². The third-order valence-corrected chi connectivity index (χ3v) is 2.05. The van der Waals surface area contributed by atoms with E-state index >= 15 is 0 Å². The van der Waals surface area contributed by atoms with Gasteiger partial charge < -0.3 is 15.2 Å². The Hall–Kier alpha value is -1.19. The van der Waals surface area contributed by atoms with Crippen molar-refractivity contribution >= 4 is 12.4 Å². The fourth-order valence-electron chi connectivity index (χ4n) is 1.20. The molecule has 1 rings (SSSR count). The van der Waals surface area contributed by atoms with E-state index in [0.29, 0.717) is 11.5 Å². The predicted molar refractivity (Wildman–Crippen MR) is 63.9 cm³/mol. The van der Waals surface area contributed by atoms with Crippen molar-refractivity contribution in [1.29, 1.82) is 0 Å². The molecule has 15 heavy (non-hydrogen) atoms. The number of rotatable bonds is 4. The van der Waals surface area contributed by atoms with Gasteiger partial charge in [-0.3, -0.25) is 0 Å². The maximum Gasteiger partial charge on any atom is 0.161 e. The van der Waals surface area contributed by atoms with Crippen LogP contribution in [0.5, 0.6) is 11.5 Å². The van der Waals surface area contributed by atoms with Crippen LogP contribution >= 0.6 is 12.4 Å². The average molecular weight is 230 g/mol. The standard InChI is InChI=1S/C11H15NO2.ClH/c1-4-9(12)8-5-6-10(13-2)11(7-8)14-3;/h4-7,9H,1,12H2,2-3H3;1H/t9-;/m1./s1. The van der Waals surface area contributed by atoms with Gasteiger partial charge in [0.25, 0.3) is 0 Å². The summed E-state index contributed by atoms with van der Waals surface area (Å²) in [6.45, 7) is 3.64. The molecule has 0 heterocycles. The molecule has 1 aromatic carbocycles. The Morgan fingerprint density at radius 3 is 2.33 bits per heavy atom. The summed E-state index contributed by atoms with van der Waals surface area (Å²) >= 11 is 0. The summed E-state index contributed by atoms with van der Waals surface area (Å²) < 4.78 is 10.3. The Bertz CT molecular complexity index is 328. The van der Waals surface area contributed by atoms with E-state index in [9.17, 15) is 0 Å². The molecule has 0 amide bonds. The quantitative estimate of drug-likeness (QED) is 0.806. The highest BCUT2D eigenvalue weighted by atomic mass is 35.5. The van der Waals surface area contributed by atoms with Crippen LogP contribution < -0.4 is 15.2 Å². The minimum atomic E-state index is -0.171. The van der Waals surface area contributed by atoms with Crippen LogP contribution in [-0.4, -0.2) is 14.2 Å². The number of nitrogens with two attached hydrogens (primary N) is 1. The molecule has 0 saturated carbocycles. The first-order valence-corrected chi connectivity index (χ1v) is 4.33. The number of hydrogen-bond acceptors (Lipinski definition) is 3. The Kier molecular flexibility index (Phi) is 5.82. The summed E-state index contributed by atoms with van der Waals surface area (Å²) in [7, 11) is 3.20. The van der Waals surface area contributed by atoms with Crippen LogP contribution in [0.2, 0.25) is 0 Å². The molecule has 1 aromatic rings. The second-order valence-corrected chi connectivity index (χ2v) is 2.88. The Balaban J connectivity index is 0.00000196. The monoisotopic (exact) mass is 229 g/mol. The molecule has 0 saturated heterocycles. The van der Waals surface area contributed by atoms with Crippen molar-refractivity contribution in [1.82, 2.24) is 0 Å². The van der Waals surface area contributed by atoms with E-state index in [2.05, 4.69) is 6.58 Å². The van der Waals surface area contributed by atoms with Crippen molar-refractivity contribution in [2.45, 2.75) is 6.04 Å². The molecule has 1 atom stereocenters. The second-order valence-electron chi connectivity index (χ2n) is 2.88. The molecule has 3 nitrogen and oxygen atoms in total. The average Bonchev–Trinajstić information content (AvgIpc) is 2.26. The summed E-state index contributed by atoms with van der Waals surface area (Å²) in [6, 6.07) is 5.41. The molecule has 4 heteroatoms. The Morgan fingerprint density at radius 1 is 1.27 bits per heavy atom. The van der Waals surface area contributed by atoms with Crippen LogP contribution in [-0.2, 0) is 0 Å². The maximum absolute atomic E-state index is 5.79. The second kappa shape index (κ2) is 6.32. The van der Waals surface area contributed by atoms with Gasteiger partial charge in [0.05, 0.1) is 14.2 Å². The number of halogens is 1. The number of methoxy groups -OCH3 is 2. The van der Waals surface area contributed by atoms with Gasteiger partial charge in [0, 0.05) is 6.04 Å². The highest BCUT2D eigenvalue weighted by molar-refractivity contribution is 5.85. The normalized spacial score (nSPS) is 11.1. The summed E-state index contributed by atoms with van der Waals surface area (Å²) in [4.78, 5) is 0. The molecule has 0 fully saturated rings. The van der Waals surface area contributed by atoms with Gasteiger partial charge >= 0.3 is 0 Å². The fourth-order valence-corrected chi connectivity index (χ4v) is 1.20. The van der Waals surface area contributed by atoms with E-state index in [4.69, 9.17) is 15.2 Å². The van der Waals surface area contributed by atoms with Crippen molar-refractivity contribution in [2.24, 2.45) is 5.73 Å². The number of ether oxygens (including phenoxy) is 2. The molecule has 0 aliphatic heterocycles. The first kappa shape index (κ1) is 13.8. The lowest BCUT2D eigenvalue weighted by atomic mass is 10.1. The smallest absolute Gasteiger partial charge is 0.161 e. The third-order valence-electron chi connectivity index (χ3n) is 2.05. The summed E-state index contributed by atoms with van der Waals surface area (Å²) in [5.41, 5.74) is 6.75. The minimum absolute atomic E-state index is 0. The zero-order valence-electron chi connectivity index (χ0n) is 8.90. The lowest BCUT2D eigenvalue weighted by Crippen LogP contribution is -2.06. The van der Waals surface area contributed by atoms with Crippen LogP contribution in [0.25, 0.3) is 0 Å². The molecule has 0 radical (unpaired) electrons. The molecule has 2 N–H and O–H groups in total. The molecule has 0 aromatic heterocycles. The van der Waals surface area contributed by atoms with Crippen LogP contribution in [0.3, 0.4) is 0 Å². The van der Waals surface area contributed by atoms with E-state index < -0.39 is 0 Å². The van der Waals surface area contributed by atoms with Crippen molar-refractivity contribution in [3.05, 3.63) is 36.4 Å². The van der Waals surface area contributed by atoms with E-state index in [1.165, 1.54) is 0 Å². The van der Waals surface area contributed by atoms with Gasteiger partial charge in [-0.1, -0.05) is 12.1 Å². The minimum Gasteiger partial charge on any atom is -0.493 e. The van der Waals surface area contributed by atoms with Crippen LogP contribution in [0.15, 0.2) is 30.9 Å². The number of benzene rings is 1. The molecule has 0 unspecified atom stereocenters. The highest BCUT2D eigenvalue weighted by Crippen LogP contribution is 2.29. The zero-order chi connectivity index (χ0) is 10.6. The van der Waals surface area contributed by atoms with Crippen LogP contribution in [0.1, 0.15) is 11.6 Å². The maximum atomic E-state index is 5.79. The molecule has 84 valence electrons. The summed E-state index contributed by atoms with van der Waals surface area (Å²) in [5.74, 6) is 1.38. The predicted octanol–water partition coefficient (Wildman–Crippen LogP) is 2.31. The van der Waals surface area contributed by atoms with Gasteiger partial charge in [-0.2, -0.15) is 0 Å². The van der Waals surface area contributed by atoms with Crippen LogP contribution in [0.4, 0.5) is 0 Å². The molecule has 0 aliphatic carbocycles. The van der Waals surface area contributed by atoms with Gasteiger partial charge in [0.1, 0.15) is 0 Å². The van der Waals surface area contributed by atoms with Gasteiger partial charge in [0.2, 0.25) is 0 Å². The summed E-state index contributed by atoms with van der Waals surface area (Å²) in [6.07, 6.45) is 1.68. The molecule has 0 aliphatic rings. The lowest BCUT2D eigenvalue weighted by Gasteiger charge is -2.11. The van der Waals surface area contributed by atoms with Crippen molar-refractivity contribution in [3.8, 4) is 11.5 Å². The van der Waals surface area contributed by atoms with Crippen molar-refractivity contribution in [3.63, 3.8) is 0 Å². The van der Waals surface area contributed by atoms with Crippen molar-refractivity contribution in [2.75, 3.05) is 14.2 Å². The van der Waals surface area contributed by atoms with Gasteiger partial charge in [-0.05, 0) is 17.7 Å². The first-order chi connectivity index (χ1) is 6.72. The van der Waals surface area contributed by atoms with E-state index in [1.54, 1.807) is 20.3 Å². The largest absolute Gasteiger partial charge is 0.493 e. The fraction of sp³-hybridized carbons (Fsp3) is 0.273. The van der Waals surface area contributed by atoms with E-state index in [1.807, 2.05) is 18.2 Å². The topological polar surface area (TPSA) is 44.5 Å². The third kappa shape index (κ3) is 3.15. The van der Waals surface area contributed by atoms with Crippen LogP contribution in [0, 0.1) is 0 Å². The SMILES string of the molecule is C=C[C@@H](N)c1ccc(OC)c(OC)c1.Cl. The molecular formula is C11H16ClNO2. The molecule has 0 spiro atoms. The Labute approximate surface area is 96.3 Å². The Morgan fingerprint density at radius 2 is 1.87 bits per heavy atom. The van der Waals surface area contributed by atoms with Crippen molar-refractivity contribution < 1.29 is 9.47 Å². The highest BCUT2D eigenvalue weighted by Gasteiger charge is 2.07. The van der Waals surface area contributed by atoms with E-state index in [-0.39, 0.29) is 18.4 Å². The summed E-state index contributed by atoms with van der Waals surface area (Å²) in [5, 5.41) is 0. The van der Waals surface area contributed by atoms with Gasteiger partial charge in [-0.15, -0.1) is 19.0 Å². The van der Waals surface area contributed by atoms with Gasteiger partial charge in [0.15, 0.2) is 11.5 Å². The first-order valence-electron chi connectivity index (χ1n) is 4.33. The van der Waals surface area contributed by atoms with E-state index in [0.717, 1.165) is 5.56 Å². The molecule has 0 bridgehead atoms. The lowest BCUT2D eigenvalue weighted by molar-refractivity contribution is 0.354.